The first-order valence-electron chi connectivity index (χ1n) is 10.8. The first-order valence-corrected chi connectivity index (χ1v) is 10.8. The molecular formula is C23H28N6O2. The molecule has 0 unspecified atom stereocenters. The SMILES string of the molecule is C[C@H](CCCc1ccccc1)NC(=O)Nc1ccc2ncc(N3CCOCC3)nc2n1. The van der Waals surface area contributed by atoms with Gasteiger partial charge in [0.05, 0.1) is 19.4 Å². The number of morpholine rings is 1. The predicted molar refractivity (Wildman–Crippen MR) is 121 cm³/mol. The number of fused-ring (bicyclic) bond motifs is 1. The lowest BCUT2D eigenvalue weighted by atomic mass is 10.1. The number of urea groups is 1. The maximum atomic E-state index is 12.4. The molecule has 1 aromatic carbocycles. The summed E-state index contributed by atoms with van der Waals surface area (Å²) in [4.78, 5) is 28.1. The van der Waals surface area contributed by atoms with Crippen LogP contribution in [-0.4, -0.2) is 53.3 Å². The van der Waals surface area contributed by atoms with Gasteiger partial charge in [-0.15, -0.1) is 0 Å². The van der Waals surface area contributed by atoms with E-state index in [-0.39, 0.29) is 12.1 Å². The van der Waals surface area contributed by atoms with Gasteiger partial charge in [-0.3, -0.25) is 5.32 Å². The van der Waals surface area contributed by atoms with Crippen molar-refractivity contribution in [1.29, 1.82) is 0 Å². The summed E-state index contributed by atoms with van der Waals surface area (Å²) in [6.45, 7) is 4.93. The second-order valence-corrected chi connectivity index (χ2v) is 7.74. The Morgan fingerprint density at radius 2 is 1.94 bits per heavy atom. The lowest BCUT2D eigenvalue weighted by molar-refractivity contribution is 0.122. The van der Waals surface area contributed by atoms with Crippen molar-refractivity contribution < 1.29 is 9.53 Å². The van der Waals surface area contributed by atoms with Gasteiger partial charge in [0, 0.05) is 19.1 Å². The molecule has 31 heavy (non-hydrogen) atoms. The second-order valence-electron chi connectivity index (χ2n) is 7.74. The number of carbonyl (C=O) groups excluding carboxylic acids is 1. The average Bonchev–Trinajstić information content (AvgIpc) is 2.80. The number of carbonyl (C=O) groups is 1. The van der Waals surface area contributed by atoms with Gasteiger partial charge >= 0.3 is 6.03 Å². The normalized spacial score (nSPS) is 14.9. The molecule has 0 aliphatic carbocycles. The first kappa shape index (κ1) is 21.0. The van der Waals surface area contributed by atoms with Crippen LogP contribution in [0.4, 0.5) is 16.4 Å². The minimum absolute atomic E-state index is 0.0666. The fourth-order valence-electron chi connectivity index (χ4n) is 3.61. The smallest absolute Gasteiger partial charge is 0.320 e. The monoisotopic (exact) mass is 420 g/mol. The number of aryl methyl sites for hydroxylation is 1. The highest BCUT2D eigenvalue weighted by atomic mass is 16.5. The van der Waals surface area contributed by atoms with Gasteiger partial charge < -0.3 is 15.0 Å². The van der Waals surface area contributed by atoms with Crippen LogP contribution in [-0.2, 0) is 11.2 Å². The molecular weight excluding hydrogens is 392 g/mol. The Morgan fingerprint density at radius 3 is 2.74 bits per heavy atom. The summed E-state index contributed by atoms with van der Waals surface area (Å²) in [5.74, 6) is 1.23. The van der Waals surface area contributed by atoms with Crippen molar-refractivity contribution in [3.05, 3.63) is 54.2 Å². The molecule has 0 radical (unpaired) electrons. The third-order valence-electron chi connectivity index (χ3n) is 5.29. The Bertz CT molecular complexity index is 1010. The van der Waals surface area contributed by atoms with Gasteiger partial charge in [-0.25, -0.2) is 19.7 Å². The van der Waals surface area contributed by atoms with E-state index in [1.54, 1.807) is 12.3 Å². The zero-order valence-corrected chi connectivity index (χ0v) is 17.8. The van der Waals surface area contributed by atoms with E-state index in [9.17, 15) is 4.79 Å². The molecule has 8 heteroatoms. The van der Waals surface area contributed by atoms with Gasteiger partial charge in [-0.2, -0.15) is 0 Å². The molecule has 1 saturated heterocycles. The zero-order chi connectivity index (χ0) is 21.5. The molecule has 2 amide bonds. The Hall–Kier alpha value is -3.26. The Morgan fingerprint density at radius 1 is 1.13 bits per heavy atom. The number of aromatic nitrogens is 3. The molecule has 0 saturated carbocycles. The summed E-state index contributed by atoms with van der Waals surface area (Å²) < 4.78 is 5.39. The maximum Gasteiger partial charge on any atom is 0.320 e. The van der Waals surface area contributed by atoms with Crippen LogP contribution in [0.2, 0.25) is 0 Å². The number of amides is 2. The quantitative estimate of drug-likeness (QED) is 0.609. The Kier molecular flexibility index (Phi) is 6.89. The average molecular weight is 421 g/mol. The molecule has 3 aromatic rings. The van der Waals surface area contributed by atoms with Crippen molar-refractivity contribution in [2.24, 2.45) is 0 Å². The van der Waals surface area contributed by atoms with Crippen molar-refractivity contribution in [2.45, 2.75) is 32.2 Å². The number of benzene rings is 1. The van der Waals surface area contributed by atoms with E-state index in [0.717, 1.165) is 38.2 Å². The lowest BCUT2D eigenvalue weighted by Crippen LogP contribution is -2.37. The molecule has 4 rings (SSSR count). The van der Waals surface area contributed by atoms with Gasteiger partial charge in [0.2, 0.25) is 0 Å². The number of pyridine rings is 1. The number of nitrogens with one attached hydrogen (secondary N) is 2. The molecule has 1 atom stereocenters. The van der Waals surface area contributed by atoms with Crippen LogP contribution in [0.1, 0.15) is 25.3 Å². The van der Waals surface area contributed by atoms with E-state index >= 15 is 0 Å². The molecule has 2 aromatic heterocycles. The molecule has 1 aliphatic rings. The van der Waals surface area contributed by atoms with Gasteiger partial charge in [-0.1, -0.05) is 30.3 Å². The summed E-state index contributed by atoms with van der Waals surface area (Å²) in [6, 6.07) is 13.7. The standard InChI is InChI=1S/C23H28N6O2/c1-17(6-5-9-18-7-3-2-4-8-18)25-23(30)27-20-11-10-19-22(26-20)28-21(16-24-19)29-12-14-31-15-13-29/h2-4,7-8,10-11,16-17H,5-6,9,12-15H2,1H3,(H2,25,26,27,28,30)/t17-/m1/s1. The van der Waals surface area contributed by atoms with Crippen molar-refractivity contribution in [2.75, 3.05) is 36.5 Å². The molecule has 1 fully saturated rings. The van der Waals surface area contributed by atoms with Gasteiger partial charge in [0.1, 0.15) is 17.2 Å². The number of hydrogen-bond acceptors (Lipinski definition) is 6. The van der Waals surface area contributed by atoms with Crippen LogP contribution in [0.3, 0.4) is 0 Å². The van der Waals surface area contributed by atoms with Gasteiger partial charge in [-0.05, 0) is 43.9 Å². The number of ether oxygens (including phenoxy) is 1. The second kappa shape index (κ2) is 10.2. The van der Waals surface area contributed by atoms with Crippen LogP contribution in [0.15, 0.2) is 48.7 Å². The van der Waals surface area contributed by atoms with Crippen molar-refractivity contribution >= 4 is 28.8 Å². The van der Waals surface area contributed by atoms with E-state index in [1.165, 1.54) is 5.56 Å². The van der Waals surface area contributed by atoms with Crippen LogP contribution in [0.5, 0.6) is 0 Å². The summed E-state index contributed by atoms with van der Waals surface area (Å²) in [5.41, 5.74) is 2.52. The largest absolute Gasteiger partial charge is 0.378 e. The third kappa shape index (κ3) is 5.88. The Labute approximate surface area is 182 Å². The third-order valence-corrected chi connectivity index (χ3v) is 5.29. The zero-order valence-electron chi connectivity index (χ0n) is 17.8. The first-order chi connectivity index (χ1) is 15.2. The number of rotatable bonds is 7. The minimum Gasteiger partial charge on any atom is -0.378 e. The van der Waals surface area contributed by atoms with E-state index in [0.29, 0.717) is 30.2 Å². The summed E-state index contributed by atoms with van der Waals surface area (Å²) in [6.07, 6.45) is 4.68. The van der Waals surface area contributed by atoms with Gasteiger partial charge in [0.15, 0.2) is 5.65 Å². The molecule has 162 valence electrons. The minimum atomic E-state index is -0.267. The van der Waals surface area contributed by atoms with Crippen molar-refractivity contribution in [3.8, 4) is 0 Å². The van der Waals surface area contributed by atoms with E-state index in [4.69, 9.17) is 4.74 Å². The lowest BCUT2D eigenvalue weighted by Gasteiger charge is -2.27. The highest BCUT2D eigenvalue weighted by molar-refractivity contribution is 5.89. The number of nitrogens with zero attached hydrogens (tertiary/aromatic N) is 4. The molecule has 1 aliphatic heterocycles. The Balaban J connectivity index is 1.31. The summed E-state index contributed by atoms with van der Waals surface area (Å²) in [7, 11) is 0. The topological polar surface area (TPSA) is 92.3 Å². The fraction of sp³-hybridized carbons (Fsp3) is 0.391. The highest BCUT2D eigenvalue weighted by Crippen LogP contribution is 2.17. The maximum absolute atomic E-state index is 12.4. The molecule has 3 heterocycles. The van der Waals surface area contributed by atoms with Crippen molar-refractivity contribution in [3.63, 3.8) is 0 Å². The number of anilines is 2. The molecule has 8 nitrogen and oxygen atoms in total. The molecule has 0 bridgehead atoms. The van der Waals surface area contributed by atoms with E-state index < -0.39 is 0 Å². The fourth-order valence-corrected chi connectivity index (χ4v) is 3.61. The van der Waals surface area contributed by atoms with Crippen LogP contribution in [0.25, 0.3) is 11.2 Å². The van der Waals surface area contributed by atoms with Crippen LogP contribution in [0, 0.1) is 0 Å². The highest BCUT2D eigenvalue weighted by Gasteiger charge is 2.14. The summed E-state index contributed by atoms with van der Waals surface area (Å²) in [5, 5.41) is 5.79. The van der Waals surface area contributed by atoms with Gasteiger partial charge in [0.25, 0.3) is 0 Å². The van der Waals surface area contributed by atoms with Crippen LogP contribution >= 0.6 is 0 Å². The summed E-state index contributed by atoms with van der Waals surface area (Å²) >= 11 is 0. The molecule has 2 N–H and O–H groups in total. The predicted octanol–water partition coefficient (Wildman–Crippen LogP) is 3.39. The van der Waals surface area contributed by atoms with E-state index in [2.05, 4.69) is 54.8 Å². The van der Waals surface area contributed by atoms with E-state index in [1.807, 2.05) is 19.1 Å². The van der Waals surface area contributed by atoms with Crippen molar-refractivity contribution in [1.82, 2.24) is 20.3 Å². The molecule has 0 spiro atoms. The van der Waals surface area contributed by atoms with Crippen LogP contribution < -0.4 is 15.5 Å². The number of hydrogen-bond donors (Lipinski definition) is 2.